The van der Waals surface area contributed by atoms with E-state index < -0.39 is 11.4 Å². The van der Waals surface area contributed by atoms with Crippen molar-refractivity contribution in [2.24, 2.45) is 5.41 Å². The number of carboxylic acid groups (broad SMARTS) is 1. The van der Waals surface area contributed by atoms with E-state index in [1.807, 2.05) is 31.2 Å². The summed E-state index contributed by atoms with van der Waals surface area (Å²) in [5, 5.41) is 11.9. The predicted octanol–water partition coefficient (Wildman–Crippen LogP) is 2.00. The van der Waals surface area contributed by atoms with E-state index in [1.165, 1.54) is 0 Å². The Kier molecular flexibility index (Phi) is 4.83. The lowest BCUT2D eigenvalue weighted by Gasteiger charge is -2.37. The van der Waals surface area contributed by atoms with Crippen molar-refractivity contribution in [3.63, 3.8) is 0 Å². The van der Waals surface area contributed by atoms with Crippen molar-refractivity contribution in [1.29, 1.82) is 0 Å². The Balaban J connectivity index is 1.83. The fraction of sp³-hybridized carbons (Fsp3) is 0.500. The van der Waals surface area contributed by atoms with Gasteiger partial charge in [-0.2, -0.15) is 0 Å². The molecule has 0 aliphatic heterocycles. The highest BCUT2D eigenvalue weighted by atomic mass is 16.5. The summed E-state index contributed by atoms with van der Waals surface area (Å²) in [5.74, 6) is -0.178. The monoisotopic (exact) mass is 291 g/mol. The molecule has 1 aliphatic carbocycles. The average molecular weight is 291 g/mol. The van der Waals surface area contributed by atoms with Crippen LogP contribution >= 0.6 is 0 Å². The first-order valence-electron chi connectivity index (χ1n) is 7.27. The van der Waals surface area contributed by atoms with Gasteiger partial charge < -0.3 is 15.2 Å². The van der Waals surface area contributed by atoms with Crippen molar-refractivity contribution in [2.75, 3.05) is 13.2 Å². The highest BCUT2D eigenvalue weighted by molar-refractivity contribution is 5.81. The van der Waals surface area contributed by atoms with E-state index in [-0.39, 0.29) is 18.9 Å². The number of rotatable bonds is 7. The maximum absolute atomic E-state index is 11.9. The zero-order chi connectivity index (χ0) is 15.3. The number of ether oxygens (including phenoxy) is 1. The fourth-order valence-corrected chi connectivity index (χ4v) is 2.46. The molecule has 0 bridgehead atoms. The Morgan fingerprint density at radius 1 is 1.29 bits per heavy atom. The molecule has 2 rings (SSSR count). The second-order valence-corrected chi connectivity index (χ2v) is 5.47. The maximum Gasteiger partial charge on any atom is 0.311 e. The largest absolute Gasteiger partial charge is 0.494 e. The van der Waals surface area contributed by atoms with Crippen LogP contribution in [0.4, 0.5) is 0 Å². The van der Waals surface area contributed by atoms with Crippen LogP contribution in [0.15, 0.2) is 24.3 Å². The van der Waals surface area contributed by atoms with Crippen LogP contribution in [0.2, 0.25) is 0 Å². The Morgan fingerprint density at radius 2 is 1.95 bits per heavy atom. The van der Waals surface area contributed by atoms with Crippen LogP contribution < -0.4 is 10.1 Å². The first-order valence-corrected chi connectivity index (χ1v) is 7.27. The molecule has 5 heteroatoms. The van der Waals surface area contributed by atoms with Crippen LogP contribution in [0.5, 0.6) is 5.75 Å². The molecule has 1 fully saturated rings. The Labute approximate surface area is 124 Å². The van der Waals surface area contributed by atoms with Crippen molar-refractivity contribution in [2.45, 2.75) is 32.6 Å². The van der Waals surface area contributed by atoms with Crippen LogP contribution in [0.1, 0.15) is 31.7 Å². The first-order chi connectivity index (χ1) is 10.1. The molecule has 1 amide bonds. The lowest BCUT2D eigenvalue weighted by atomic mass is 9.69. The molecule has 5 nitrogen and oxygen atoms in total. The summed E-state index contributed by atoms with van der Waals surface area (Å²) in [6.45, 7) is 2.75. The van der Waals surface area contributed by atoms with Gasteiger partial charge in [-0.1, -0.05) is 18.6 Å². The Hall–Kier alpha value is -2.04. The quantitative estimate of drug-likeness (QED) is 0.805. The molecule has 21 heavy (non-hydrogen) atoms. The number of carboxylic acids is 1. The number of nitrogens with one attached hydrogen (secondary N) is 1. The molecule has 1 aliphatic rings. The van der Waals surface area contributed by atoms with Gasteiger partial charge in [-0.15, -0.1) is 0 Å². The van der Waals surface area contributed by atoms with E-state index in [1.54, 1.807) is 0 Å². The summed E-state index contributed by atoms with van der Waals surface area (Å²) >= 11 is 0. The van der Waals surface area contributed by atoms with Crippen LogP contribution in [-0.4, -0.2) is 30.1 Å². The zero-order valence-electron chi connectivity index (χ0n) is 12.2. The van der Waals surface area contributed by atoms with Gasteiger partial charge in [0.05, 0.1) is 18.4 Å². The molecule has 1 saturated carbocycles. The second-order valence-electron chi connectivity index (χ2n) is 5.47. The van der Waals surface area contributed by atoms with Gasteiger partial charge in [0.1, 0.15) is 5.75 Å². The summed E-state index contributed by atoms with van der Waals surface area (Å²) in [4.78, 5) is 23.1. The average Bonchev–Trinajstić information content (AvgIpc) is 2.39. The van der Waals surface area contributed by atoms with Crippen LogP contribution in [0.25, 0.3) is 0 Å². The van der Waals surface area contributed by atoms with Crippen LogP contribution in [0.3, 0.4) is 0 Å². The molecule has 0 unspecified atom stereocenters. The zero-order valence-corrected chi connectivity index (χ0v) is 12.2. The lowest BCUT2D eigenvalue weighted by molar-refractivity contribution is -0.154. The van der Waals surface area contributed by atoms with Gasteiger partial charge in [-0.3, -0.25) is 9.59 Å². The number of hydrogen-bond donors (Lipinski definition) is 2. The smallest absolute Gasteiger partial charge is 0.311 e. The molecular formula is C16H21NO4. The van der Waals surface area contributed by atoms with Gasteiger partial charge in [0.2, 0.25) is 5.91 Å². The third kappa shape index (κ3) is 3.74. The van der Waals surface area contributed by atoms with Gasteiger partial charge in [-0.05, 0) is 37.5 Å². The Bertz CT molecular complexity index is 506. The molecule has 0 spiro atoms. The molecule has 0 heterocycles. The van der Waals surface area contributed by atoms with E-state index >= 15 is 0 Å². The topological polar surface area (TPSA) is 75.6 Å². The van der Waals surface area contributed by atoms with E-state index in [4.69, 9.17) is 4.74 Å². The normalized spacial score (nSPS) is 15.9. The minimum atomic E-state index is -0.810. The molecule has 2 N–H and O–H groups in total. The summed E-state index contributed by atoms with van der Waals surface area (Å²) in [7, 11) is 0. The number of amides is 1. The van der Waals surface area contributed by atoms with E-state index in [0.29, 0.717) is 19.4 Å². The summed E-state index contributed by atoms with van der Waals surface area (Å²) in [6, 6.07) is 7.36. The van der Waals surface area contributed by atoms with Gasteiger partial charge in [-0.25, -0.2) is 0 Å². The van der Waals surface area contributed by atoms with Gasteiger partial charge >= 0.3 is 5.97 Å². The number of benzene rings is 1. The SMILES string of the molecule is CCOc1ccc(CC(=O)NCC2(C(=O)O)CCC2)cc1. The summed E-state index contributed by atoms with van der Waals surface area (Å²) < 4.78 is 5.34. The van der Waals surface area contributed by atoms with Crippen molar-refractivity contribution >= 4 is 11.9 Å². The number of aliphatic carboxylic acids is 1. The predicted molar refractivity (Wildman–Crippen MR) is 78.2 cm³/mol. The summed E-state index contributed by atoms with van der Waals surface area (Å²) in [5.41, 5.74) is 0.142. The van der Waals surface area contributed by atoms with Crippen LogP contribution in [-0.2, 0) is 16.0 Å². The minimum absolute atomic E-state index is 0.147. The molecule has 0 saturated heterocycles. The third-order valence-electron chi connectivity index (χ3n) is 3.99. The molecule has 114 valence electrons. The molecule has 1 aromatic carbocycles. The minimum Gasteiger partial charge on any atom is -0.494 e. The van der Waals surface area contributed by atoms with E-state index in [0.717, 1.165) is 17.7 Å². The number of carbonyl (C=O) groups excluding carboxylic acids is 1. The molecule has 0 atom stereocenters. The van der Waals surface area contributed by atoms with Crippen LogP contribution in [0, 0.1) is 5.41 Å². The van der Waals surface area contributed by atoms with Crippen molar-refractivity contribution < 1.29 is 19.4 Å². The summed E-state index contributed by atoms with van der Waals surface area (Å²) in [6.07, 6.45) is 2.46. The third-order valence-corrected chi connectivity index (χ3v) is 3.99. The van der Waals surface area contributed by atoms with Gasteiger partial charge in [0, 0.05) is 6.54 Å². The maximum atomic E-state index is 11.9. The molecular weight excluding hydrogens is 270 g/mol. The highest BCUT2D eigenvalue weighted by Gasteiger charge is 2.44. The highest BCUT2D eigenvalue weighted by Crippen LogP contribution is 2.40. The van der Waals surface area contributed by atoms with Crippen molar-refractivity contribution in [1.82, 2.24) is 5.32 Å². The van der Waals surface area contributed by atoms with Gasteiger partial charge in [0.15, 0.2) is 0 Å². The molecule has 1 aromatic rings. The first kappa shape index (κ1) is 15.4. The number of hydrogen-bond acceptors (Lipinski definition) is 3. The van der Waals surface area contributed by atoms with Crippen molar-refractivity contribution in [3.05, 3.63) is 29.8 Å². The van der Waals surface area contributed by atoms with Gasteiger partial charge in [0.25, 0.3) is 0 Å². The van der Waals surface area contributed by atoms with E-state index in [2.05, 4.69) is 5.32 Å². The fourth-order valence-electron chi connectivity index (χ4n) is 2.46. The Morgan fingerprint density at radius 3 is 2.43 bits per heavy atom. The lowest BCUT2D eigenvalue weighted by Crippen LogP contribution is -2.47. The number of carbonyl (C=O) groups is 2. The molecule has 0 aromatic heterocycles. The standard InChI is InChI=1S/C16H21NO4/c1-2-21-13-6-4-12(5-7-13)10-14(18)17-11-16(15(19)20)8-3-9-16/h4-7H,2-3,8-11H2,1H3,(H,17,18)(H,19,20). The van der Waals surface area contributed by atoms with Crippen molar-refractivity contribution in [3.8, 4) is 5.75 Å². The molecule has 0 radical (unpaired) electrons. The van der Waals surface area contributed by atoms with E-state index in [9.17, 15) is 14.7 Å². The second kappa shape index (κ2) is 6.61.